The summed E-state index contributed by atoms with van der Waals surface area (Å²) in [7, 11) is 1.99. The van der Waals surface area contributed by atoms with Gasteiger partial charge in [0.2, 0.25) is 0 Å². The monoisotopic (exact) mass is 221 g/mol. The van der Waals surface area contributed by atoms with Gasteiger partial charge < -0.3 is 10.1 Å². The summed E-state index contributed by atoms with van der Waals surface area (Å²) in [6.07, 6.45) is 2.13. The molecule has 0 spiro atoms. The Hall–Kier alpha value is -0.860. The third-order valence-electron chi connectivity index (χ3n) is 2.84. The van der Waals surface area contributed by atoms with E-state index in [2.05, 4.69) is 36.5 Å². The molecule has 0 radical (unpaired) electrons. The minimum atomic E-state index is 0.410. The lowest BCUT2D eigenvalue weighted by atomic mass is 10.0. The van der Waals surface area contributed by atoms with Crippen molar-refractivity contribution in [3.05, 3.63) is 35.4 Å². The van der Waals surface area contributed by atoms with Crippen LogP contribution in [-0.4, -0.2) is 26.3 Å². The summed E-state index contributed by atoms with van der Waals surface area (Å²) in [5, 5.41) is 3.29. The van der Waals surface area contributed by atoms with Gasteiger partial charge in [0.25, 0.3) is 0 Å². The van der Waals surface area contributed by atoms with E-state index < -0.39 is 0 Å². The Labute approximate surface area is 99.0 Å². The fourth-order valence-corrected chi connectivity index (χ4v) is 1.70. The minimum Gasteiger partial charge on any atom is -0.380 e. The summed E-state index contributed by atoms with van der Waals surface area (Å²) in [5.74, 6) is 0. The van der Waals surface area contributed by atoms with Crippen LogP contribution in [0, 0.1) is 0 Å². The van der Waals surface area contributed by atoms with Gasteiger partial charge in [-0.1, -0.05) is 31.2 Å². The number of hydrogen-bond donors (Lipinski definition) is 1. The van der Waals surface area contributed by atoms with E-state index in [-0.39, 0.29) is 0 Å². The highest BCUT2D eigenvalue weighted by Gasteiger charge is 2.06. The smallest absolute Gasteiger partial charge is 0.0622 e. The van der Waals surface area contributed by atoms with Gasteiger partial charge in [0.1, 0.15) is 0 Å². The summed E-state index contributed by atoms with van der Waals surface area (Å²) < 4.78 is 5.44. The van der Waals surface area contributed by atoms with Gasteiger partial charge in [0.05, 0.1) is 6.61 Å². The van der Waals surface area contributed by atoms with Crippen LogP contribution in [-0.2, 0) is 17.6 Å². The van der Waals surface area contributed by atoms with Crippen molar-refractivity contribution in [2.24, 2.45) is 0 Å². The van der Waals surface area contributed by atoms with Gasteiger partial charge in [-0.3, -0.25) is 0 Å². The molecule has 2 heteroatoms. The maximum Gasteiger partial charge on any atom is 0.0622 e. The Morgan fingerprint density at radius 2 is 1.75 bits per heavy atom. The van der Waals surface area contributed by atoms with Gasteiger partial charge in [0, 0.05) is 12.6 Å². The van der Waals surface area contributed by atoms with Gasteiger partial charge in [-0.05, 0) is 37.9 Å². The largest absolute Gasteiger partial charge is 0.380 e. The van der Waals surface area contributed by atoms with E-state index >= 15 is 0 Å². The number of benzene rings is 1. The molecule has 0 bridgehead atoms. The Bertz CT molecular complexity index is 281. The highest BCUT2D eigenvalue weighted by Crippen LogP contribution is 2.07. The van der Waals surface area contributed by atoms with Crippen molar-refractivity contribution >= 4 is 0 Å². The first-order valence-electron chi connectivity index (χ1n) is 6.13. The SMILES string of the molecule is CCOCC(Cc1ccc(CC)cc1)NC. The normalized spacial score (nSPS) is 12.7. The molecule has 0 fully saturated rings. The van der Waals surface area contributed by atoms with Crippen LogP contribution in [0.4, 0.5) is 0 Å². The van der Waals surface area contributed by atoms with Crippen LogP contribution in [0.3, 0.4) is 0 Å². The molecule has 1 aromatic carbocycles. The highest BCUT2D eigenvalue weighted by atomic mass is 16.5. The van der Waals surface area contributed by atoms with Gasteiger partial charge in [-0.15, -0.1) is 0 Å². The molecular weight excluding hydrogens is 198 g/mol. The molecule has 0 aromatic heterocycles. The van der Waals surface area contributed by atoms with Gasteiger partial charge in [-0.25, -0.2) is 0 Å². The zero-order valence-corrected chi connectivity index (χ0v) is 10.6. The molecule has 0 aliphatic carbocycles. The molecule has 0 saturated heterocycles. The van der Waals surface area contributed by atoms with Gasteiger partial charge >= 0.3 is 0 Å². The number of rotatable bonds is 7. The van der Waals surface area contributed by atoms with Crippen LogP contribution in [0.5, 0.6) is 0 Å². The minimum absolute atomic E-state index is 0.410. The Morgan fingerprint density at radius 3 is 2.25 bits per heavy atom. The molecule has 0 aliphatic rings. The summed E-state index contributed by atoms with van der Waals surface area (Å²) in [5.41, 5.74) is 2.77. The molecule has 16 heavy (non-hydrogen) atoms. The van der Waals surface area contributed by atoms with Crippen molar-refractivity contribution in [1.82, 2.24) is 5.32 Å². The summed E-state index contributed by atoms with van der Waals surface area (Å²) in [6.45, 7) is 5.78. The lowest BCUT2D eigenvalue weighted by molar-refractivity contribution is 0.125. The van der Waals surface area contributed by atoms with Crippen LogP contribution >= 0.6 is 0 Å². The van der Waals surface area contributed by atoms with Crippen LogP contribution in [0.1, 0.15) is 25.0 Å². The molecule has 0 saturated carbocycles. The zero-order chi connectivity index (χ0) is 11.8. The first-order chi connectivity index (χ1) is 7.80. The maximum atomic E-state index is 5.44. The van der Waals surface area contributed by atoms with Gasteiger partial charge in [-0.2, -0.15) is 0 Å². The number of likely N-dealkylation sites (N-methyl/N-ethyl adjacent to an activating group) is 1. The predicted octanol–water partition coefficient (Wildman–Crippen LogP) is 2.42. The number of hydrogen-bond acceptors (Lipinski definition) is 2. The van der Waals surface area contributed by atoms with Gasteiger partial charge in [0.15, 0.2) is 0 Å². The molecule has 0 amide bonds. The zero-order valence-electron chi connectivity index (χ0n) is 10.6. The summed E-state index contributed by atoms with van der Waals surface area (Å²) in [6, 6.07) is 9.27. The molecular formula is C14H23NO. The molecule has 90 valence electrons. The Kier molecular flexibility index (Phi) is 6.12. The van der Waals surface area contributed by atoms with Crippen molar-refractivity contribution in [3.8, 4) is 0 Å². The third-order valence-corrected chi connectivity index (χ3v) is 2.84. The van der Waals surface area contributed by atoms with Crippen LogP contribution in [0.25, 0.3) is 0 Å². The molecule has 2 nitrogen and oxygen atoms in total. The van der Waals surface area contributed by atoms with Crippen molar-refractivity contribution in [2.75, 3.05) is 20.3 Å². The average molecular weight is 221 g/mol. The van der Waals surface area contributed by atoms with E-state index in [1.807, 2.05) is 14.0 Å². The number of nitrogens with one attached hydrogen (secondary N) is 1. The van der Waals surface area contributed by atoms with E-state index in [0.29, 0.717) is 6.04 Å². The Balaban J connectivity index is 2.49. The maximum absolute atomic E-state index is 5.44. The summed E-state index contributed by atoms with van der Waals surface area (Å²) in [4.78, 5) is 0. The third kappa shape index (κ3) is 4.33. The van der Waals surface area contributed by atoms with E-state index in [4.69, 9.17) is 4.74 Å². The topological polar surface area (TPSA) is 21.3 Å². The lowest BCUT2D eigenvalue weighted by Crippen LogP contribution is -2.32. The van der Waals surface area contributed by atoms with Crippen molar-refractivity contribution in [1.29, 1.82) is 0 Å². The van der Waals surface area contributed by atoms with Crippen LogP contribution in [0.2, 0.25) is 0 Å². The van der Waals surface area contributed by atoms with E-state index in [1.54, 1.807) is 0 Å². The Morgan fingerprint density at radius 1 is 1.12 bits per heavy atom. The molecule has 0 heterocycles. The first-order valence-corrected chi connectivity index (χ1v) is 6.13. The molecule has 1 aromatic rings. The fraction of sp³-hybridized carbons (Fsp3) is 0.571. The second-order valence-corrected chi connectivity index (χ2v) is 4.02. The van der Waals surface area contributed by atoms with Crippen LogP contribution in [0.15, 0.2) is 24.3 Å². The van der Waals surface area contributed by atoms with E-state index in [0.717, 1.165) is 26.1 Å². The fourth-order valence-electron chi connectivity index (χ4n) is 1.70. The van der Waals surface area contributed by atoms with Crippen molar-refractivity contribution in [3.63, 3.8) is 0 Å². The molecule has 1 atom stereocenters. The highest BCUT2D eigenvalue weighted by molar-refractivity contribution is 5.23. The second-order valence-electron chi connectivity index (χ2n) is 4.02. The van der Waals surface area contributed by atoms with Crippen molar-refractivity contribution < 1.29 is 4.74 Å². The standard InChI is InChI=1S/C14H23NO/c1-4-12-6-8-13(9-7-12)10-14(15-3)11-16-5-2/h6-9,14-15H,4-5,10-11H2,1-3H3. The average Bonchev–Trinajstić information content (AvgIpc) is 2.35. The van der Waals surface area contributed by atoms with Crippen molar-refractivity contribution in [2.45, 2.75) is 32.7 Å². The van der Waals surface area contributed by atoms with E-state index in [9.17, 15) is 0 Å². The van der Waals surface area contributed by atoms with E-state index in [1.165, 1.54) is 11.1 Å². The quantitative estimate of drug-likeness (QED) is 0.763. The number of ether oxygens (including phenoxy) is 1. The number of aryl methyl sites for hydroxylation is 1. The summed E-state index contributed by atoms with van der Waals surface area (Å²) >= 11 is 0. The van der Waals surface area contributed by atoms with Crippen LogP contribution < -0.4 is 5.32 Å². The lowest BCUT2D eigenvalue weighted by Gasteiger charge is -2.16. The molecule has 0 aliphatic heterocycles. The molecule has 1 N–H and O–H groups in total. The first kappa shape index (κ1) is 13.2. The molecule has 1 unspecified atom stereocenters. The predicted molar refractivity (Wildman–Crippen MR) is 68.9 cm³/mol. The second kappa shape index (κ2) is 7.42. The molecule has 1 rings (SSSR count).